The summed E-state index contributed by atoms with van der Waals surface area (Å²) in [4.78, 5) is 24.5. The summed E-state index contributed by atoms with van der Waals surface area (Å²) in [7, 11) is -2.44. The fourth-order valence-electron chi connectivity index (χ4n) is 2.59. The second-order valence-electron chi connectivity index (χ2n) is 6.28. The number of ketones is 1. The van der Waals surface area contributed by atoms with Crippen LogP contribution in [0.4, 0.5) is 0 Å². The molecule has 0 saturated heterocycles. The van der Waals surface area contributed by atoms with Crippen molar-refractivity contribution < 1.29 is 31.9 Å². The number of sulfonamides is 1. The maximum atomic E-state index is 12.5. The summed E-state index contributed by atoms with van der Waals surface area (Å²) in [5, 5.41) is 0.250. The van der Waals surface area contributed by atoms with Crippen molar-refractivity contribution in [3.8, 4) is 5.75 Å². The van der Waals surface area contributed by atoms with Gasteiger partial charge in [0.25, 0.3) is 0 Å². The fourth-order valence-corrected chi connectivity index (χ4v) is 3.89. The van der Waals surface area contributed by atoms with Crippen molar-refractivity contribution in [3.63, 3.8) is 0 Å². The van der Waals surface area contributed by atoms with Gasteiger partial charge in [0.2, 0.25) is 10.0 Å². The SMILES string of the molecule is COc1ccc(C(=O)COC(=O)c2cccc(S(=O)(=O)NCc3ccco3)c2)cc1Cl. The molecule has 162 valence electrons. The predicted molar refractivity (Wildman–Crippen MR) is 112 cm³/mol. The van der Waals surface area contributed by atoms with Gasteiger partial charge in [0.1, 0.15) is 11.5 Å². The number of rotatable bonds is 9. The third kappa shape index (κ3) is 5.72. The van der Waals surface area contributed by atoms with E-state index in [1.165, 1.54) is 55.8 Å². The Morgan fingerprint density at radius 3 is 2.55 bits per heavy atom. The maximum absolute atomic E-state index is 12.5. The molecule has 2 aromatic carbocycles. The van der Waals surface area contributed by atoms with E-state index in [0.717, 1.165) is 0 Å². The number of methoxy groups -OCH3 is 1. The summed E-state index contributed by atoms with van der Waals surface area (Å²) >= 11 is 6.00. The predicted octanol–water partition coefficient (Wildman–Crippen LogP) is 3.46. The standard InChI is InChI=1S/C21H18ClNO7S/c1-28-20-8-7-14(11-18(20)22)19(24)13-30-21(25)15-4-2-6-17(10-15)31(26,27)23-12-16-5-3-9-29-16/h2-11,23H,12-13H2,1H3. The Morgan fingerprint density at radius 2 is 1.87 bits per heavy atom. The van der Waals surface area contributed by atoms with E-state index in [1.54, 1.807) is 12.1 Å². The summed E-state index contributed by atoms with van der Waals surface area (Å²) < 4.78 is 42.4. The first-order chi connectivity index (χ1) is 14.8. The van der Waals surface area contributed by atoms with Gasteiger partial charge < -0.3 is 13.9 Å². The number of ether oxygens (including phenoxy) is 2. The molecule has 0 aliphatic carbocycles. The molecule has 1 heterocycles. The molecule has 0 fully saturated rings. The lowest BCUT2D eigenvalue weighted by atomic mass is 10.1. The van der Waals surface area contributed by atoms with Crippen LogP contribution >= 0.6 is 11.6 Å². The molecule has 0 unspecified atom stereocenters. The highest BCUT2D eigenvalue weighted by molar-refractivity contribution is 7.89. The minimum Gasteiger partial charge on any atom is -0.495 e. The van der Waals surface area contributed by atoms with Gasteiger partial charge >= 0.3 is 5.97 Å². The molecule has 1 N–H and O–H groups in total. The molecule has 10 heteroatoms. The van der Waals surface area contributed by atoms with Crippen molar-refractivity contribution in [1.29, 1.82) is 0 Å². The van der Waals surface area contributed by atoms with Gasteiger partial charge in [-0.15, -0.1) is 0 Å². The Hall–Kier alpha value is -3.14. The van der Waals surface area contributed by atoms with Gasteiger partial charge in [0, 0.05) is 5.56 Å². The first kappa shape index (κ1) is 22.5. The largest absolute Gasteiger partial charge is 0.495 e. The number of Topliss-reactive ketones (excluding diaryl/α,β-unsaturated/α-hetero) is 1. The molecule has 0 atom stereocenters. The number of nitrogens with one attached hydrogen (secondary N) is 1. The Kier molecular flexibility index (Phi) is 7.11. The van der Waals surface area contributed by atoms with E-state index in [0.29, 0.717) is 11.5 Å². The molecular weight excluding hydrogens is 446 g/mol. The van der Waals surface area contributed by atoms with Crippen molar-refractivity contribution in [2.45, 2.75) is 11.4 Å². The minimum absolute atomic E-state index is 0.0126. The second kappa shape index (κ2) is 9.78. The monoisotopic (exact) mass is 463 g/mol. The van der Waals surface area contributed by atoms with Crippen LogP contribution in [0.3, 0.4) is 0 Å². The van der Waals surface area contributed by atoms with Crippen LogP contribution in [0.1, 0.15) is 26.5 Å². The highest BCUT2D eigenvalue weighted by Gasteiger charge is 2.18. The quantitative estimate of drug-likeness (QED) is 0.382. The molecule has 0 spiro atoms. The van der Waals surface area contributed by atoms with Crippen molar-refractivity contribution in [1.82, 2.24) is 4.72 Å². The highest BCUT2D eigenvalue weighted by atomic mass is 35.5. The van der Waals surface area contributed by atoms with E-state index in [2.05, 4.69) is 4.72 Å². The number of furan rings is 1. The van der Waals surface area contributed by atoms with Gasteiger partial charge in [-0.1, -0.05) is 17.7 Å². The number of carbonyl (C=O) groups is 2. The lowest BCUT2D eigenvalue weighted by molar-refractivity contribution is 0.0474. The van der Waals surface area contributed by atoms with E-state index in [9.17, 15) is 18.0 Å². The zero-order valence-corrected chi connectivity index (χ0v) is 17.9. The molecule has 0 saturated carbocycles. The molecule has 3 rings (SSSR count). The Morgan fingerprint density at radius 1 is 1.06 bits per heavy atom. The fraction of sp³-hybridized carbons (Fsp3) is 0.143. The zero-order valence-electron chi connectivity index (χ0n) is 16.3. The van der Waals surface area contributed by atoms with Crippen LogP contribution in [-0.4, -0.2) is 33.9 Å². The van der Waals surface area contributed by atoms with Crippen LogP contribution in [0.5, 0.6) is 5.75 Å². The lowest BCUT2D eigenvalue weighted by Crippen LogP contribution is -2.23. The Balaban J connectivity index is 1.64. The van der Waals surface area contributed by atoms with Crippen molar-refractivity contribution in [2.75, 3.05) is 13.7 Å². The average Bonchev–Trinajstić information content (AvgIpc) is 3.29. The average molecular weight is 464 g/mol. The maximum Gasteiger partial charge on any atom is 0.338 e. The molecule has 0 amide bonds. The summed E-state index contributed by atoms with van der Waals surface area (Å²) in [6.45, 7) is -0.571. The van der Waals surface area contributed by atoms with Gasteiger partial charge in [-0.05, 0) is 48.5 Å². The molecule has 0 aliphatic heterocycles. The number of hydrogen-bond donors (Lipinski definition) is 1. The van der Waals surface area contributed by atoms with E-state index in [1.807, 2.05) is 0 Å². The second-order valence-corrected chi connectivity index (χ2v) is 8.45. The molecule has 0 bridgehead atoms. The number of halogens is 1. The molecule has 0 aliphatic rings. The summed E-state index contributed by atoms with van der Waals surface area (Å²) in [6.07, 6.45) is 1.43. The minimum atomic E-state index is -3.89. The van der Waals surface area contributed by atoms with Crippen LogP contribution in [-0.2, 0) is 21.3 Å². The van der Waals surface area contributed by atoms with Crippen LogP contribution in [0.2, 0.25) is 5.02 Å². The summed E-state index contributed by atoms with van der Waals surface area (Å²) in [5.74, 6) is -0.456. The van der Waals surface area contributed by atoms with Crippen LogP contribution in [0, 0.1) is 0 Å². The van der Waals surface area contributed by atoms with Gasteiger partial charge in [0.05, 0.1) is 35.4 Å². The van der Waals surface area contributed by atoms with Gasteiger partial charge in [-0.3, -0.25) is 4.79 Å². The van der Waals surface area contributed by atoms with Crippen LogP contribution in [0.25, 0.3) is 0 Å². The van der Waals surface area contributed by atoms with Crippen LogP contribution < -0.4 is 9.46 Å². The van der Waals surface area contributed by atoms with Gasteiger partial charge in [0.15, 0.2) is 12.4 Å². The van der Waals surface area contributed by atoms with Crippen molar-refractivity contribution >= 4 is 33.4 Å². The molecule has 0 radical (unpaired) electrons. The Labute approximate surface area is 183 Å². The molecular formula is C21H18ClNO7S. The smallest absolute Gasteiger partial charge is 0.338 e. The topological polar surface area (TPSA) is 112 Å². The highest BCUT2D eigenvalue weighted by Crippen LogP contribution is 2.25. The first-order valence-electron chi connectivity index (χ1n) is 8.96. The third-order valence-electron chi connectivity index (χ3n) is 4.20. The molecule has 3 aromatic rings. The van der Waals surface area contributed by atoms with Gasteiger partial charge in [-0.2, -0.15) is 0 Å². The summed E-state index contributed by atoms with van der Waals surface area (Å²) in [5.41, 5.74) is 0.235. The lowest BCUT2D eigenvalue weighted by Gasteiger charge is -2.09. The normalized spacial score (nSPS) is 11.2. The van der Waals surface area contributed by atoms with Crippen LogP contribution in [0.15, 0.2) is 70.2 Å². The molecule has 31 heavy (non-hydrogen) atoms. The molecule has 1 aromatic heterocycles. The number of esters is 1. The van der Waals surface area contributed by atoms with E-state index in [4.69, 9.17) is 25.5 Å². The zero-order chi connectivity index (χ0) is 22.4. The molecule has 8 nitrogen and oxygen atoms in total. The van der Waals surface area contributed by atoms with Crippen molar-refractivity contribution in [2.24, 2.45) is 0 Å². The Bertz CT molecular complexity index is 1190. The third-order valence-corrected chi connectivity index (χ3v) is 5.90. The summed E-state index contributed by atoms with van der Waals surface area (Å²) in [6, 6.07) is 13.0. The van der Waals surface area contributed by atoms with Crippen molar-refractivity contribution in [3.05, 3.63) is 82.8 Å². The first-order valence-corrected chi connectivity index (χ1v) is 10.8. The van der Waals surface area contributed by atoms with E-state index in [-0.39, 0.29) is 27.6 Å². The number of hydrogen-bond acceptors (Lipinski definition) is 7. The number of carbonyl (C=O) groups excluding carboxylic acids is 2. The number of benzene rings is 2. The van der Waals surface area contributed by atoms with E-state index >= 15 is 0 Å². The van der Waals surface area contributed by atoms with Gasteiger partial charge in [-0.25, -0.2) is 17.9 Å². The van der Waals surface area contributed by atoms with E-state index < -0.39 is 28.4 Å².